The Morgan fingerprint density at radius 3 is 2.67 bits per heavy atom. The van der Waals surface area contributed by atoms with E-state index in [0.29, 0.717) is 5.75 Å². The van der Waals surface area contributed by atoms with Crippen LogP contribution in [0.25, 0.3) is 0 Å². The number of hydrogen-bond acceptors (Lipinski definition) is 4. The summed E-state index contributed by atoms with van der Waals surface area (Å²) in [4.78, 5) is 3.89. The Kier molecular flexibility index (Phi) is 3.51. The van der Waals surface area contributed by atoms with Crippen molar-refractivity contribution in [2.24, 2.45) is 0 Å². The van der Waals surface area contributed by atoms with Crippen LogP contribution in [-0.4, -0.2) is 10.1 Å². The molecule has 0 saturated carbocycles. The van der Waals surface area contributed by atoms with Gasteiger partial charge in [-0.25, -0.2) is 4.39 Å². The average molecular weight is 244 g/mol. The summed E-state index contributed by atoms with van der Waals surface area (Å²) >= 11 is 0. The third-order valence-corrected chi connectivity index (χ3v) is 2.22. The van der Waals surface area contributed by atoms with E-state index in [-0.39, 0.29) is 17.3 Å². The van der Waals surface area contributed by atoms with E-state index in [9.17, 15) is 9.50 Å². The van der Waals surface area contributed by atoms with Crippen LogP contribution in [0.15, 0.2) is 42.6 Å². The molecule has 2 aromatic rings. The lowest BCUT2D eigenvalue weighted by Crippen LogP contribution is -2.00. The van der Waals surface area contributed by atoms with Gasteiger partial charge in [0, 0.05) is 6.20 Å². The van der Waals surface area contributed by atoms with Gasteiger partial charge in [-0.15, -0.1) is 0 Å². The first-order valence-electron chi connectivity index (χ1n) is 5.16. The zero-order chi connectivity index (χ0) is 13.0. The van der Waals surface area contributed by atoms with Gasteiger partial charge in [-0.05, 0) is 36.4 Å². The average Bonchev–Trinajstić information content (AvgIpc) is 2.41. The van der Waals surface area contributed by atoms with E-state index in [1.54, 1.807) is 18.2 Å². The number of aliphatic hydroxyl groups is 1. The minimum atomic E-state index is -1.36. The van der Waals surface area contributed by atoms with Gasteiger partial charge in [-0.3, -0.25) is 4.98 Å². The Labute approximate surface area is 103 Å². The SMILES string of the molecule is N#CC(O)c1ncccc1Oc1ccc(F)cc1. The van der Waals surface area contributed by atoms with Gasteiger partial charge in [0.05, 0.1) is 0 Å². The first-order valence-corrected chi connectivity index (χ1v) is 5.16. The lowest BCUT2D eigenvalue weighted by atomic mass is 10.2. The molecule has 0 aliphatic heterocycles. The highest BCUT2D eigenvalue weighted by molar-refractivity contribution is 5.36. The summed E-state index contributed by atoms with van der Waals surface area (Å²) in [5.41, 5.74) is 0.129. The molecule has 5 heteroatoms. The van der Waals surface area contributed by atoms with Gasteiger partial charge >= 0.3 is 0 Å². The van der Waals surface area contributed by atoms with Crippen molar-refractivity contribution in [2.75, 3.05) is 0 Å². The number of pyridine rings is 1. The first kappa shape index (κ1) is 12.0. The fraction of sp³-hybridized carbons (Fsp3) is 0.0769. The molecule has 0 aliphatic carbocycles. The molecular formula is C13H9FN2O2. The van der Waals surface area contributed by atoms with Gasteiger partial charge in [0.25, 0.3) is 0 Å². The summed E-state index contributed by atoms with van der Waals surface area (Å²) in [5.74, 6) is 0.291. The van der Waals surface area contributed by atoms with Crippen molar-refractivity contribution in [1.29, 1.82) is 5.26 Å². The van der Waals surface area contributed by atoms with Gasteiger partial charge < -0.3 is 9.84 Å². The molecule has 1 unspecified atom stereocenters. The third-order valence-electron chi connectivity index (χ3n) is 2.22. The van der Waals surface area contributed by atoms with Crippen LogP contribution in [0.1, 0.15) is 11.8 Å². The summed E-state index contributed by atoms with van der Waals surface area (Å²) in [5, 5.41) is 18.1. The predicted molar refractivity (Wildman–Crippen MR) is 61.3 cm³/mol. The molecule has 90 valence electrons. The third kappa shape index (κ3) is 2.62. The molecule has 0 fully saturated rings. The van der Waals surface area contributed by atoms with Crippen molar-refractivity contribution in [2.45, 2.75) is 6.10 Å². The molecule has 1 heterocycles. The zero-order valence-corrected chi connectivity index (χ0v) is 9.25. The predicted octanol–water partition coefficient (Wildman–Crippen LogP) is 2.57. The van der Waals surface area contributed by atoms with Gasteiger partial charge in [0.1, 0.15) is 23.3 Å². The number of rotatable bonds is 3. The molecule has 0 radical (unpaired) electrons. The largest absolute Gasteiger partial charge is 0.455 e. The van der Waals surface area contributed by atoms with Crippen molar-refractivity contribution in [3.05, 3.63) is 54.1 Å². The minimum absolute atomic E-state index is 0.129. The second-order valence-electron chi connectivity index (χ2n) is 3.47. The van der Waals surface area contributed by atoms with Gasteiger partial charge in [0.2, 0.25) is 0 Å². The van der Waals surface area contributed by atoms with Gasteiger partial charge in [0.15, 0.2) is 11.9 Å². The molecule has 0 aliphatic rings. The second-order valence-corrected chi connectivity index (χ2v) is 3.47. The Morgan fingerprint density at radius 1 is 1.28 bits per heavy atom. The number of nitriles is 1. The molecule has 2 rings (SSSR count). The van der Waals surface area contributed by atoms with Crippen LogP contribution < -0.4 is 4.74 Å². The van der Waals surface area contributed by atoms with Crippen molar-refractivity contribution < 1.29 is 14.2 Å². The minimum Gasteiger partial charge on any atom is -0.455 e. The molecule has 0 amide bonds. The molecule has 0 bridgehead atoms. The first-order chi connectivity index (χ1) is 8.70. The highest BCUT2D eigenvalue weighted by atomic mass is 19.1. The van der Waals surface area contributed by atoms with Crippen LogP contribution in [0.5, 0.6) is 11.5 Å². The lowest BCUT2D eigenvalue weighted by Gasteiger charge is -2.10. The van der Waals surface area contributed by atoms with Gasteiger partial charge in [-0.2, -0.15) is 5.26 Å². The molecule has 1 N–H and O–H groups in total. The number of ether oxygens (including phenoxy) is 1. The number of aliphatic hydroxyl groups excluding tert-OH is 1. The molecular weight excluding hydrogens is 235 g/mol. The standard InChI is InChI=1S/C13H9FN2O2/c14-9-3-5-10(6-4-9)18-12-2-1-7-16-13(12)11(17)8-15/h1-7,11,17H. The summed E-state index contributed by atoms with van der Waals surface area (Å²) in [6.45, 7) is 0. The smallest absolute Gasteiger partial charge is 0.186 e. The van der Waals surface area contributed by atoms with E-state index in [1.807, 2.05) is 0 Å². The van der Waals surface area contributed by atoms with Gasteiger partial charge in [-0.1, -0.05) is 0 Å². The number of halogens is 1. The van der Waals surface area contributed by atoms with Crippen LogP contribution in [0.4, 0.5) is 4.39 Å². The molecule has 4 nitrogen and oxygen atoms in total. The highest BCUT2D eigenvalue weighted by Gasteiger charge is 2.14. The van der Waals surface area contributed by atoms with E-state index >= 15 is 0 Å². The summed E-state index contributed by atoms with van der Waals surface area (Å²) in [6, 6.07) is 10.3. The van der Waals surface area contributed by atoms with Crippen LogP contribution in [0, 0.1) is 17.1 Å². The molecule has 1 aromatic carbocycles. The zero-order valence-electron chi connectivity index (χ0n) is 9.25. The van der Waals surface area contributed by atoms with Crippen molar-refractivity contribution in [1.82, 2.24) is 4.98 Å². The van der Waals surface area contributed by atoms with E-state index in [0.717, 1.165) is 0 Å². The maximum atomic E-state index is 12.7. The topological polar surface area (TPSA) is 66.1 Å². The Balaban J connectivity index is 2.29. The lowest BCUT2D eigenvalue weighted by molar-refractivity contribution is 0.226. The monoisotopic (exact) mass is 244 g/mol. The molecule has 18 heavy (non-hydrogen) atoms. The van der Waals surface area contributed by atoms with Crippen molar-refractivity contribution in [3.8, 4) is 17.6 Å². The van der Waals surface area contributed by atoms with Crippen LogP contribution >= 0.6 is 0 Å². The van der Waals surface area contributed by atoms with Crippen LogP contribution in [-0.2, 0) is 0 Å². The number of nitrogens with zero attached hydrogens (tertiary/aromatic N) is 2. The maximum Gasteiger partial charge on any atom is 0.186 e. The molecule has 0 spiro atoms. The number of hydrogen-bond donors (Lipinski definition) is 1. The fourth-order valence-corrected chi connectivity index (χ4v) is 1.39. The Morgan fingerprint density at radius 2 is 2.00 bits per heavy atom. The Hall–Kier alpha value is -2.45. The van der Waals surface area contributed by atoms with Crippen molar-refractivity contribution >= 4 is 0 Å². The van der Waals surface area contributed by atoms with Crippen molar-refractivity contribution in [3.63, 3.8) is 0 Å². The quantitative estimate of drug-likeness (QED) is 0.842. The van der Waals surface area contributed by atoms with E-state index in [1.165, 1.54) is 30.5 Å². The maximum absolute atomic E-state index is 12.7. The fourth-order valence-electron chi connectivity index (χ4n) is 1.39. The second kappa shape index (κ2) is 5.25. The Bertz CT molecular complexity index is 578. The summed E-state index contributed by atoms with van der Waals surface area (Å²) in [7, 11) is 0. The molecule has 0 saturated heterocycles. The summed E-state index contributed by atoms with van der Waals surface area (Å²) < 4.78 is 18.2. The van der Waals surface area contributed by atoms with E-state index < -0.39 is 6.10 Å². The molecule has 1 atom stereocenters. The summed E-state index contributed by atoms with van der Waals surface area (Å²) in [6.07, 6.45) is 0.0922. The van der Waals surface area contributed by atoms with E-state index in [4.69, 9.17) is 10.00 Å². The number of benzene rings is 1. The van der Waals surface area contributed by atoms with E-state index in [2.05, 4.69) is 4.98 Å². The number of aromatic nitrogens is 1. The normalized spacial score (nSPS) is 11.6. The van der Waals surface area contributed by atoms with Crippen LogP contribution in [0.2, 0.25) is 0 Å². The molecule has 1 aromatic heterocycles. The van der Waals surface area contributed by atoms with Crippen LogP contribution in [0.3, 0.4) is 0 Å². The highest BCUT2D eigenvalue weighted by Crippen LogP contribution is 2.27.